The molecule has 3 rings (SSSR count). The Balaban J connectivity index is 2.07. The number of imidazole rings is 1. The Kier molecular flexibility index (Phi) is 3.71. The smallest absolute Gasteiger partial charge is 0.306 e. The van der Waals surface area contributed by atoms with Gasteiger partial charge in [-0.25, -0.2) is 4.98 Å². The maximum absolute atomic E-state index is 13.0. The second-order valence-corrected chi connectivity index (χ2v) is 4.97. The maximum Gasteiger partial charge on any atom is 0.416 e. The lowest BCUT2D eigenvalue weighted by Crippen LogP contribution is -2.08. The first-order valence-corrected chi connectivity index (χ1v) is 6.76. The Hall–Kier alpha value is -2.56. The molecule has 0 spiro atoms. The van der Waals surface area contributed by atoms with Crippen molar-refractivity contribution >= 4 is 0 Å². The Bertz CT molecular complexity index is 747. The maximum atomic E-state index is 13.0. The lowest BCUT2D eigenvalue weighted by molar-refractivity contribution is -0.137. The molecule has 0 radical (unpaired) electrons. The van der Waals surface area contributed by atoms with Gasteiger partial charge in [0.25, 0.3) is 0 Å². The minimum atomic E-state index is -4.35. The summed E-state index contributed by atoms with van der Waals surface area (Å²) in [4.78, 5) is 3.96. The molecule has 0 N–H and O–H groups in total. The highest BCUT2D eigenvalue weighted by atomic mass is 19.4. The second-order valence-electron chi connectivity index (χ2n) is 4.97. The van der Waals surface area contributed by atoms with Crippen LogP contribution in [0.5, 0.6) is 0 Å². The molecule has 3 aromatic rings. The molecule has 1 heterocycles. The molecule has 0 aliphatic heterocycles. The summed E-state index contributed by atoms with van der Waals surface area (Å²) in [5.41, 5.74) is 1.64. The molecule has 112 valence electrons. The summed E-state index contributed by atoms with van der Waals surface area (Å²) in [6.07, 6.45) is 0.981. The van der Waals surface area contributed by atoms with Crippen molar-refractivity contribution < 1.29 is 13.2 Å². The molecule has 0 bridgehead atoms. The van der Waals surface area contributed by atoms with Gasteiger partial charge in [0.1, 0.15) is 0 Å². The topological polar surface area (TPSA) is 17.8 Å². The van der Waals surface area contributed by atoms with Gasteiger partial charge in [-0.2, -0.15) is 13.2 Å². The van der Waals surface area contributed by atoms with E-state index in [1.54, 1.807) is 23.3 Å². The first-order valence-electron chi connectivity index (χ1n) is 6.76. The van der Waals surface area contributed by atoms with Crippen LogP contribution in [0.4, 0.5) is 13.2 Å². The Labute approximate surface area is 125 Å². The zero-order chi connectivity index (χ0) is 15.6. The molecule has 2 aromatic carbocycles. The van der Waals surface area contributed by atoms with Crippen molar-refractivity contribution in [2.75, 3.05) is 0 Å². The van der Waals surface area contributed by atoms with Gasteiger partial charge in [-0.05, 0) is 35.7 Å². The summed E-state index contributed by atoms with van der Waals surface area (Å²) < 4.78 is 40.6. The van der Waals surface area contributed by atoms with Crippen LogP contribution in [0.2, 0.25) is 0 Å². The normalized spacial score (nSPS) is 11.6. The third kappa shape index (κ3) is 3.03. The lowest BCUT2D eigenvalue weighted by Gasteiger charge is -2.14. The number of nitrogens with zero attached hydrogens (tertiary/aromatic N) is 2. The van der Waals surface area contributed by atoms with Crippen molar-refractivity contribution in [2.45, 2.75) is 12.6 Å². The number of benzene rings is 2. The van der Waals surface area contributed by atoms with Crippen LogP contribution in [0.25, 0.3) is 5.69 Å². The third-order valence-corrected chi connectivity index (χ3v) is 3.43. The Morgan fingerprint density at radius 3 is 2.41 bits per heavy atom. The third-order valence-electron chi connectivity index (χ3n) is 3.43. The van der Waals surface area contributed by atoms with E-state index in [9.17, 15) is 13.2 Å². The van der Waals surface area contributed by atoms with Crippen molar-refractivity contribution in [2.24, 2.45) is 0 Å². The van der Waals surface area contributed by atoms with E-state index in [1.165, 1.54) is 12.1 Å². The molecule has 0 aliphatic rings. The van der Waals surface area contributed by atoms with Crippen molar-refractivity contribution in [3.63, 3.8) is 0 Å². The highest BCUT2D eigenvalue weighted by Gasteiger charge is 2.31. The standard InChI is InChI=1S/C17H13F3N2/c18-17(19,20)15-6-7-16(22-9-8-21-12-22)14(11-15)10-13-4-2-1-3-5-13/h1-9,11-12H,10H2. The van der Waals surface area contributed by atoms with Crippen LogP contribution < -0.4 is 0 Å². The Morgan fingerprint density at radius 1 is 1.00 bits per heavy atom. The van der Waals surface area contributed by atoms with Crippen molar-refractivity contribution in [1.82, 2.24) is 9.55 Å². The highest BCUT2D eigenvalue weighted by Crippen LogP contribution is 2.32. The fourth-order valence-electron chi connectivity index (χ4n) is 2.37. The number of alkyl halides is 3. The van der Waals surface area contributed by atoms with Gasteiger partial charge in [0.15, 0.2) is 0 Å². The summed E-state index contributed by atoms with van der Waals surface area (Å²) in [6.45, 7) is 0. The predicted octanol–water partition coefficient (Wildman–Crippen LogP) is 4.48. The zero-order valence-corrected chi connectivity index (χ0v) is 11.6. The summed E-state index contributed by atoms with van der Waals surface area (Å²) >= 11 is 0. The van der Waals surface area contributed by atoms with Crippen molar-refractivity contribution in [3.05, 3.63) is 83.9 Å². The molecule has 0 fully saturated rings. The first kappa shape index (κ1) is 14.4. The number of rotatable bonds is 3. The van der Waals surface area contributed by atoms with Gasteiger partial charge >= 0.3 is 6.18 Å². The summed E-state index contributed by atoms with van der Waals surface area (Å²) in [7, 11) is 0. The zero-order valence-electron chi connectivity index (χ0n) is 11.6. The highest BCUT2D eigenvalue weighted by molar-refractivity contribution is 5.46. The number of hydrogen-bond acceptors (Lipinski definition) is 1. The largest absolute Gasteiger partial charge is 0.416 e. The fraction of sp³-hybridized carbons (Fsp3) is 0.118. The van der Waals surface area contributed by atoms with Crippen LogP contribution in [-0.2, 0) is 12.6 Å². The number of aromatic nitrogens is 2. The molecule has 0 saturated heterocycles. The molecule has 0 unspecified atom stereocenters. The molecule has 0 amide bonds. The van der Waals surface area contributed by atoms with Crippen LogP contribution in [0.3, 0.4) is 0 Å². The van der Waals surface area contributed by atoms with Gasteiger partial charge in [0, 0.05) is 12.4 Å². The van der Waals surface area contributed by atoms with E-state index in [-0.39, 0.29) is 0 Å². The Morgan fingerprint density at radius 2 is 1.77 bits per heavy atom. The van der Waals surface area contributed by atoms with Gasteiger partial charge < -0.3 is 4.57 Å². The molecule has 1 aromatic heterocycles. The van der Waals surface area contributed by atoms with Gasteiger partial charge in [-0.1, -0.05) is 30.3 Å². The molecule has 2 nitrogen and oxygen atoms in total. The molecule has 0 aliphatic carbocycles. The number of hydrogen-bond donors (Lipinski definition) is 0. The molecule has 0 saturated carbocycles. The van der Waals surface area contributed by atoms with E-state index >= 15 is 0 Å². The van der Waals surface area contributed by atoms with Gasteiger partial charge in [0.05, 0.1) is 17.6 Å². The minimum absolute atomic E-state index is 0.429. The summed E-state index contributed by atoms with van der Waals surface area (Å²) in [6, 6.07) is 13.2. The summed E-state index contributed by atoms with van der Waals surface area (Å²) in [5, 5.41) is 0. The quantitative estimate of drug-likeness (QED) is 0.697. The van der Waals surface area contributed by atoms with Crippen LogP contribution in [0.1, 0.15) is 16.7 Å². The SMILES string of the molecule is FC(F)(F)c1ccc(-n2ccnc2)c(Cc2ccccc2)c1. The number of halogens is 3. The van der Waals surface area contributed by atoms with Gasteiger partial charge in [0.2, 0.25) is 0 Å². The molecular formula is C17H13F3N2. The molecule has 5 heteroatoms. The summed E-state index contributed by atoms with van der Waals surface area (Å²) in [5.74, 6) is 0. The fourth-order valence-corrected chi connectivity index (χ4v) is 2.37. The van der Waals surface area contributed by atoms with Gasteiger partial charge in [-0.15, -0.1) is 0 Å². The average molecular weight is 302 g/mol. The van der Waals surface area contributed by atoms with E-state index in [1.807, 2.05) is 30.3 Å². The van der Waals surface area contributed by atoms with Crippen molar-refractivity contribution in [3.8, 4) is 5.69 Å². The average Bonchev–Trinajstić information content (AvgIpc) is 3.01. The van der Waals surface area contributed by atoms with Crippen molar-refractivity contribution in [1.29, 1.82) is 0 Å². The molecule has 22 heavy (non-hydrogen) atoms. The monoisotopic (exact) mass is 302 g/mol. The predicted molar refractivity (Wildman–Crippen MR) is 77.8 cm³/mol. The first-order chi connectivity index (χ1) is 10.5. The minimum Gasteiger partial charge on any atom is -0.306 e. The van der Waals surface area contributed by atoms with E-state index in [0.717, 1.165) is 11.6 Å². The van der Waals surface area contributed by atoms with Crippen LogP contribution >= 0.6 is 0 Å². The molecule has 0 atom stereocenters. The van der Waals surface area contributed by atoms with Crippen LogP contribution in [-0.4, -0.2) is 9.55 Å². The van der Waals surface area contributed by atoms with E-state index < -0.39 is 11.7 Å². The van der Waals surface area contributed by atoms with Crippen LogP contribution in [0, 0.1) is 0 Å². The van der Waals surface area contributed by atoms with E-state index in [2.05, 4.69) is 4.98 Å². The van der Waals surface area contributed by atoms with Gasteiger partial charge in [-0.3, -0.25) is 0 Å². The van der Waals surface area contributed by atoms with E-state index in [4.69, 9.17) is 0 Å². The van der Waals surface area contributed by atoms with E-state index in [0.29, 0.717) is 17.7 Å². The second kappa shape index (κ2) is 5.67. The lowest BCUT2D eigenvalue weighted by atomic mass is 10.0. The molecular weight excluding hydrogens is 289 g/mol. The van der Waals surface area contributed by atoms with Crippen LogP contribution in [0.15, 0.2) is 67.3 Å².